The van der Waals surface area contributed by atoms with Crippen molar-refractivity contribution in [3.8, 4) is 5.75 Å². The zero-order valence-electron chi connectivity index (χ0n) is 16.7. The van der Waals surface area contributed by atoms with E-state index in [1.165, 1.54) is 16.7 Å². The Morgan fingerprint density at radius 2 is 1.70 bits per heavy atom. The summed E-state index contributed by atoms with van der Waals surface area (Å²) in [5, 5.41) is 9.77. The van der Waals surface area contributed by atoms with E-state index in [1.54, 1.807) is 11.8 Å². The molecule has 0 spiro atoms. The number of rotatable bonds is 7. The molecule has 0 fully saturated rings. The Morgan fingerprint density at radius 3 is 2.37 bits per heavy atom. The van der Waals surface area contributed by atoms with Gasteiger partial charge in [0, 0.05) is 12.3 Å². The highest BCUT2D eigenvalue weighted by molar-refractivity contribution is 7.98. The molecular weight excluding hydrogens is 354 g/mol. The van der Waals surface area contributed by atoms with E-state index in [2.05, 4.69) is 78.9 Å². The maximum atomic E-state index is 6.19. The number of aromatic nitrogens is 3. The van der Waals surface area contributed by atoms with Gasteiger partial charge in [0.15, 0.2) is 17.1 Å². The highest BCUT2D eigenvalue weighted by Crippen LogP contribution is 2.28. The average Bonchev–Trinajstić information content (AvgIpc) is 3.06. The van der Waals surface area contributed by atoms with Crippen molar-refractivity contribution < 1.29 is 4.74 Å². The van der Waals surface area contributed by atoms with Crippen molar-refractivity contribution in [3.63, 3.8) is 0 Å². The van der Waals surface area contributed by atoms with Crippen LogP contribution in [-0.2, 0) is 12.3 Å². The van der Waals surface area contributed by atoms with E-state index < -0.39 is 0 Å². The van der Waals surface area contributed by atoms with E-state index >= 15 is 0 Å². The number of hydrogen-bond donors (Lipinski definition) is 0. The van der Waals surface area contributed by atoms with Crippen molar-refractivity contribution in [2.45, 2.75) is 58.2 Å². The van der Waals surface area contributed by atoms with Gasteiger partial charge in [0.05, 0.1) is 0 Å². The molecule has 0 aliphatic heterocycles. The minimum atomic E-state index is -0.160. The van der Waals surface area contributed by atoms with Crippen LogP contribution in [0.25, 0.3) is 0 Å². The third-order valence-corrected chi connectivity index (χ3v) is 5.59. The van der Waals surface area contributed by atoms with Crippen molar-refractivity contribution >= 4 is 11.8 Å². The van der Waals surface area contributed by atoms with Gasteiger partial charge in [-0.15, -0.1) is 10.2 Å². The molecule has 2 aromatic carbocycles. The normalized spacial score (nSPS) is 12.2. The second-order valence-corrected chi connectivity index (χ2v) is 7.83. The van der Waals surface area contributed by atoms with Crippen LogP contribution in [0.5, 0.6) is 5.75 Å². The maximum absolute atomic E-state index is 6.19. The Balaban J connectivity index is 1.73. The molecule has 27 heavy (non-hydrogen) atoms. The smallest absolute Gasteiger partial charge is 0.191 e. The summed E-state index contributed by atoms with van der Waals surface area (Å²) >= 11 is 1.71. The summed E-state index contributed by atoms with van der Waals surface area (Å²) in [6, 6.07) is 14.9. The topological polar surface area (TPSA) is 39.9 Å². The zero-order valence-corrected chi connectivity index (χ0v) is 17.5. The highest BCUT2D eigenvalue weighted by atomic mass is 32.2. The number of hydrogen-bond acceptors (Lipinski definition) is 4. The summed E-state index contributed by atoms with van der Waals surface area (Å²) in [6.07, 6.45) is -0.160. The van der Waals surface area contributed by atoms with Crippen LogP contribution >= 0.6 is 11.8 Å². The van der Waals surface area contributed by atoms with E-state index in [9.17, 15) is 0 Å². The summed E-state index contributed by atoms with van der Waals surface area (Å²) in [5.74, 6) is 2.64. The molecule has 3 aromatic rings. The fraction of sp³-hybridized carbons (Fsp3) is 0.364. The van der Waals surface area contributed by atoms with Crippen LogP contribution in [0.4, 0.5) is 0 Å². The van der Waals surface area contributed by atoms with Crippen LogP contribution in [0.1, 0.15) is 48.0 Å². The Hall–Kier alpha value is -2.27. The molecule has 0 saturated carbocycles. The quantitative estimate of drug-likeness (QED) is 0.495. The minimum Gasteiger partial charge on any atom is -0.482 e. The van der Waals surface area contributed by atoms with Crippen molar-refractivity contribution in [3.05, 3.63) is 70.5 Å². The third kappa shape index (κ3) is 4.72. The molecule has 0 amide bonds. The van der Waals surface area contributed by atoms with Crippen molar-refractivity contribution in [1.82, 2.24) is 14.8 Å². The van der Waals surface area contributed by atoms with E-state index in [0.717, 1.165) is 34.6 Å². The predicted octanol–water partition coefficient (Wildman–Crippen LogP) is 5.66. The molecule has 1 heterocycles. The lowest BCUT2D eigenvalue weighted by Crippen LogP contribution is -2.12. The SMILES string of the molecule is CCn1c(SCc2ccc(C)cc2)nnc1C(C)Oc1ccc(C)cc1C. The Bertz CT molecular complexity index is 902. The van der Waals surface area contributed by atoms with Gasteiger partial charge in [0.1, 0.15) is 5.75 Å². The molecule has 0 bridgehead atoms. The van der Waals surface area contributed by atoms with Gasteiger partial charge in [-0.2, -0.15) is 0 Å². The lowest BCUT2D eigenvalue weighted by molar-refractivity contribution is 0.208. The Labute approximate surface area is 166 Å². The number of aryl methyl sites for hydroxylation is 3. The molecule has 5 heteroatoms. The Kier molecular flexibility index (Phi) is 6.22. The van der Waals surface area contributed by atoms with Crippen LogP contribution in [0, 0.1) is 20.8 Å². The highest BCUT2D eigenvalue weighted by Gasteiger charge is 2.19. The molecular formula is C22H27N3OS. The average molecular weight is 382 g/mol. The lowest BCUT2D eigenvalue weighted by Gasteiger charge is -2.17. The van der Waals surface area contributed by atoms with E-state index in [1.807, 2.05) is 13.0 Å². The van der Waals surface area contributed by atoms with Crippen LogP contribution in [-0.4, -0.2) is 14.8 Å². The first-order valence-corrected chi connectivity index (χ1v) is 10.3. The number of benzene rings is 2. The second-order valence-electron chi connectivity index (χ2n) is 6.89. The van der Waals surface area contributed by atoms with Crippen molar-refractivity contribution in [2.24, 2.45) is 0 Å². The molecule has 1 aromatic heterocycles. The van der Waals surface area contributed by atoms with Gasteiger partial charge in [0.25, 0.3) is 0 Å². The van der Waals surface area contributed by atoms with Gasteiger partial charge in [-0.25, -0.2) is 0 Å². The fourth-order valence-corrected chi connectivity index (χ4v) is 3.98. The summed E-state index contributed by atoms with van der Waals surface area (Å²) in [7, 11) is 0. The van der Waals surface area contributed by atoms with Gasteiger partial charge in [0.2, 0.25) is 0 Å². The molecule has 0 saturated heterocycles. The molecule has 0 aliphatic carbocycles. The van der Waals surface area contributed by atoms with Gasteiger partial charge in [-0.3, -0.25) is 0 Å². The molecule has 3 rings (SSSR count). The van der Waals surface area contributed by atoms with E-state index in [4.69, 9.17) is 4.74 Å². The Morgan fingerprint density at radius 1 is 1.00 bits per heavy atom. The van der Waals surface area contributed by atoms with Crippen LogP contribution in [0.3, 0.4) is 0 Å². The van der Waals surface area contributed by atoms with Crippen LogP contribution in [0.15, 0.2) is 47.6 Å². The van der Waals surface area contributed by atoms with Gasteiger partial charge in [-0.1, -0.05) is 59.3 Å². The van der Waals surface area contributed by atoms with Gasteiger partial charge in [-0.05, 0) is 51.8 Å². The summed E-state index contributed by atoms with van der Waals surface area (Å²) in [5.41, 5.74) is 4.94. The molecule has 0 aliphatic rings. The molecule has 0 N–H and O–H groups in total. The first-order chi connectivity index (χ1) is 13.0. The molecule has 4 nitrogen and oxygen atoms in total. The second kappa shape index (κ2) is 8.61. The maximum Gasteiger partial charge on any atom is 0.191 e. The molecule has 0 radical (unpaired) electrons. The summed E-state index contributed by atoms with van der Waals surface area (Å²) in [6.45, 7) is 11.2. The number of nitrogens with zero attached hydrogens (tertiary/aromatic N) is 3. The van der Waals surface area contributed by atoms with E-state index in [0.29, 0.717) is 0 Å². The zero-order chi connectivity index (χ0) is 19.4. The standard InChI is InChI=1S/C22H27N3OS/c1-6-25-21(18(5)26-20-12-9-16(3)13-17(20)4)23-24-22(25)27-14-19-10-7-15(2)8-11-19/h7-13,18H,6,14H2,1-5H3. The lowest BCUT2D eigenvalue weighted by atomic mass is 10.1. The van der Waals surface area contributed by atoms with Crippen molar-refractivity contribution in [2.75, 3.05) is 0 Å². The fourth-order valence-electron chi connectivity index (χ4n) is 3.01. The van der Waals surface area contributed by atoms with Gasteiger partial charge < -0.3 is 9.30 Å². The predicted molar refractivity (Wildman–Crippen MR) is 111 cm³/mol. The summed E-state index contributed by atoms with van der Waals surface area (Å²) in [4.78, 5) is 0. The number of thioether (sulfide) groups is 1. The molecule has 1 unspecified atom stereocenters. The monoisotopic (exact) mass is 381 g/mol. The minimum absolute atomic E-state index is 0.160. The van der Waals surface area contributed by atoms with Crippen molar-refractivity contribution in [1.29, 1.82) is 0 Å². The van der Waals surface area contributed by atoms with Gasteiger partial charge >= 0.3 is 0 Å². The van der Waals surface area contributed by atoms with E-state index in [-0.39, 0.29) is 6.10 Å². The first-order valence-electron chi connectivity index (χ1n) is 9.33. The third-order valence-electron chi connectivity index (χ3n) is 4.55. The van der Waals surface area contributed by atoms with Crippen LogP contribution in [0.2, 0.25) is 0 Å². The summed E-state index contributed by atoms with van der Waals surface area (Å²) < 4.78 is 8.33. The molecule has 1 atom stereocenters. The molecule has 142 valence electrons. The largest absolute Gasteiger partial charge is 0.482 e. The number of ether oxygens (including phenoxy) is 1. The first kappa shape index (κ1) is 19.5. The van der Waals surface area contributed by atoms with Crippen LogP contribution < -0.4 is 4.74 Å².